The monoisotopic (exact) mass is 428 g/mol. The minimum atomic E-state index is 0.0814. The maximum atomic E-state index is 11.2. The average molecular weight is 429 g/mol. The quantitative estimate of drug-likeness (QED) is 0.497. The fraction of sp³-hybridized carbons (Fsp3) is 0.667. The number of phenolic OH excluding ortho intramolecular Hbond substituents is 2. The minimum absolute atomic E-state index is 0.0814. The largest absolute Gasteiger partial charge is 0.504 e. The minimum Gasteiger partial charge on any atom is -0.504 e. The van der Waals surface area contributed by atoms with Gasteiger partial charge in [0.1, 0.15) is 0 Å². The molecule has 0 heterocycles. The summed E-state index contributed by atoms with van der Waals surface area (Å²) in [6.45, 7) is 0. The summed E-state index contributed by atoms with van der Waals surface area (Å²) in [6.07, 6.45) is 16.3. The standard InChI is InChI=1S/C30H36O2/c31-26-10-23-9-24(29-11-17-3-18(12-29)5-19(4-17)13-29)1-2-25(23)27(28(26)32)30-14-20-6-21(15-30)8-22(7-20)16-30/h1-2,9-10,17-22,31-32H,3-8,11-16H2. The smallest absolute Gasteiger partial charge is 0.161 e. The van der Waals surface area contributed by atoms with Crippen molar-refractivity contribution in [3.8, 4) is 11.5 Å². The van der Waals surface area contributed by atoms with Crippen molar-refractivity contribution in [2.75, 3.05) is 0 Å². The molecule has 2 nitrogen and oxygen atoms in total. The molecule has 0 amide bonds. The van der Waals surface area contributed by atoms with E-state index in [2.05, 4.69) is 18.2 Å². The van der Waals surface area contributed by atoms with Crippen molar-refractivity contribution in [2.45, 2.75) is 87.9 Å². The molecule has 0 aromatic heterocycles. The molecule has 10 rings (SSSR count). The summed E-state index contributed by atoms with van der Waals surface area (Å²) in [7, 11) is 0. The van der Waals surface area contributed by atoms with Crippen molar-refractivity contribution in [1.29, 1.82) is 0 Å². The number of hydrogen-bond acceptors (Lipinski definition) is 2. The van der Waals surface area contributed by atoms with E-state index in [9.17, 15) is 10.2 Å². The SMILES string of the molecule is Oc1cc2cc(C34CC5CC(CC(C5)C3)C4)ccc2c(C23CC4CC(CC(C4)C2)C3)c1O. The lowest BCUT2D eigenvalue weighted by Gasteiger charge is -2.57. The van der Waals surface area contributed by atoms with Crippen molar-refractivity contribution in [3.63, 3.8) is 0 Å². The Labute approximate surface area is 191 Å². The van der Waals surface area contributed by atoms with Crippen LogP contribution < -0.4 is 0 Å². The second kappa shape index (κ2) is 6.05. The van der Waals surface area contributed by atoms with E-state index >= 15 is 0 Å². The highest BCUT2D eigenvalue weighted by molar-refractivity contribution is 5.91. The molecule has 8 bridgehead atoms. The molecule has 2 heteroatoms. The second-order valence-corrected chi connectivity index (χ2v) is 13.5. The van der Waals surface area contributed by atoms with Crippen LogP contribution in [0.2, 0.25) is 0 Å². The Morgan fingerprint density at radius 3 is 1.56 bits per heavy atom. The van der Waals surface area contributed by atoms with Gasteiger partial charge in [0.15, 0.2) is 11.5 Å². The van der Waals surface area contributed by atoms with Gasteiger partial charge in [0.25, 0.3) is 0 Å². The Hall–Kier alpha value is -1.70. The van der Waals surface area contributed by atoms with Crippen LogP contribution >= 0.6 is 0 Å². The molecule has 0 saturated heterocycles. The first kappa shape index (κ1) is 18.7. The summed E-state index contributed by atoms with van der Waals surface area (Å²) in [6, 6.07) is 9.05. The predicted molar refractivity (Wildman–Crippen MR) is 127 cm³/mol. The zero-order valence-electron chi connectivity index (χ0n) is 19.2. The van der Waals surface area contributed by atoms with Gasteiger partial charge in [-0.15, -0.1) is 0 Å². The summed E-state index contributed by atoms with van der Waals surface area (Å²) >= 11 is 0. The van der Waals surface area contributed by atoms with Gasteiger partial charge in [0, 0.05) is 11.0 Å². The lowest BCUT2D eigenvalue weighted by molar-refractivity contribution is -0.00560. The number of benzene rings is 2. The van der Waals surface area contributed by atoms with E-state index in [0.717, 1.165) is 41.1 Å². The molecule has 8 fully saturated rings. The van der Waals surface area contributed by atoms with Gasteiger partial charge in [-0.3, -0.25) is 0 Å². The third kappa shape index (κ3) is 2.42. The van der Waals surface area contributed by atoms with Crippen LogP contribution in [0, 0.1) is 35.5 Å². The molecule has 0 unspecified atom stereocenters. The third-order valence-corrected chi connectivity index (χ3v) is 11.3. The van der Waals surface area contributed by atoms with Crippen molar-refractivity contribution in [2.24, 2.45) is 35.5 Å². The zero-order chi connectivity index (χ0) is 21.2. The molecule has 32 heavy (non-hydrogen) atoms. The molecule has 0 radical (unpaired) electrons. The topological polar surface area (TPSA) is 40.5 Å². The van der Waals surface area contributed by atoms with Crippen LogP contribution in [0.4, 0.5) is 0 Å². The lowest BCUT2D eigenvalue weighted by Crippen LogP contribution is -2.48. The maximum absolute atomic E-state index is 11.2. The summed E-state index contributed by atoms with van der Waals surface area (Å²) in [4.78, 5) is 0. The third-order valence-electron chi connectivity index (χ3n) is 11.3. The van der Waals surface area contributed by atoms with Crippen LogP contribution in [-0.4, -0.2) is 10.2 Å². The fourth-order valence-electron chi connectivity index (χ4n) is 11.1. The van der Waals surface area contributed by atoms with Gasteiger partial charge in [-0.1, -0.05) is 18.2 Å². The Balaban J connectivity index is 1.28. The van der Waals surface area contributed by atoms with Gasteiger partial charge >= 0.3 is 0 Å². The van der Waals surface area contributed by atoms with Gasteiger partial charge < -0.3 is 10.2 Å². The van der Waals surface area contributed by atoms with Crippen LogP contribution in [0.25, 0.3) is 10.8 Å². The molecular formula is C30H36O2. The highest BCUT2D eigenvalue weighted by atomic mass is 16.3. The summed E-state index contributed by atoms with van der Waals surface area (Å²) in [5.41, 5.74) is 3.07. The molecule has 8 aliphatic rings. The molecular weight excluding hydrogens is 392 g/mol. The molecule has 168 valence electrons. The van der Waals surface area contributed by atoms with E-state index in [-0.39, 0.29) is 16.9 Å². The summed E-state index contributed by atoms with van der Waals surface area (Å²) in [5.74, 6) is 5.57. The van der Waals surface area contributed by atoms with E-state index in [1.807, 2.05) is 6.07 Å². The van der Waals surface area contributed by atoms with Crippen LogP contribution in [0.5, 0.6) is 11.5 Å². The van der Waals surface area contributed by atoms with Gasteiger partial charge in [-0.25, -0.2) is 0 Å². The van der Waals surface area contributed by atoms with Crippen LogP contribution in [0.3, 0.4) is 0 Å². The van der Waals surface area contributed by atoms with E-state index < -0.39 is 0 Å². The first-order valence-corrected chi connectivity index (χ1v) is 13.5. The molecule has 2 aromatic rings. The molecule has 0 aliphatic heterocycles. The Morgan fingerprint density at radius 1 is 0.594 bits per heavy atom. The number of phenols is 2. The normalized spacial score (nSPS) is 45.8. The van der Waals surface area contributed by atoms with Gasteiger partial charge in [0.2, 0.25) is 0 Å². The second-order valence-electron chi connectivity index (χ2n) is 13.5. The number of hydrogen-bond donors (Lipinski definition) is 2. The van der Waals surface area contributed by atoms with Gasteiger partial charge in [-0.05, 0) is 140 Å². The first-order valence-electron chi connectivity index (χ1n) is 13.5. The average Bonchev–Trinajstić information content (AvgIpc) is 2.72. The van der Waals surface area contributed by atoms with E-state index in [1.54, 1.807) is 0 Å². The lowest BCUT2D eigenvalue weighted by atomic mass is 9.47. The summed E-state index contributed by atoms with van der Waals surface area (Å²) in [5, 5.41) is 24.5. The summed E-state index contributed by atoms with van der Waals surface area (Å²) < 4.78 is 0. The van der Waals surface area contributed by atoms with Crippen molar-refractivity contribution < 1.29 is 10.2 Å². The van der Waals surface area contributed by atoms with Crippen molar-refractivity contribution >= 4 is 10.8 Å². The highest BCUT2D eigenvalue weighted by Crippen LogP contribution is 2.64. The van der Waals surface area contributed by atoms with E-state index in [1.165, 1.54) is 93.4 Å². The molecule has 8 aliphatic carbocycles. The van der Waals surface area contributed by atoms with Crippen LogP contribution in [0.1, 0.15) is 88.2 Å². The number of aromatic hydroxyl groups is 2. The number of fused-ring (bicyclic) bond motifs is 1. The molecule has 8 saturated carbocycles. The Kier molecular flexibility index (Phi) is 3.53. The zero-order valence-corrected chi connectivity index (χ0v) is 19.2. The number of rotatable bonds is 2. The fourth-order valence-corrected chi connectivity index (χ4v) is 11.1. The van der Waals surface area contributed by atoms with E-state index in [0.29, 0.717) is 5.41 Å². The van der Waals surface area contributed by atoms with Crippen LogP contribution in [-0.2, 0) is 10.8 Å². The van der Waals surface area contributed by atoms with Gasteiger partial charge in [-0.2, -0.15) is 0 Å². The Bertz CT molecular complexity index is 1060. The predicted octanol–water partition coefficient (Wildman–Crippen LogP) is 7.19. The van der Waals surface area contributed by atoms with Gasteiger partial charge in [0.05, 0.1) is 0 Å². The molecule has 0 atom stereocenters. The maximum Gasteiger partial charge on any atom is 0.161 e. The molecule has 0 spiro atoms. The Morgan fingerprint density at radius 2 is 1.06 bits per heavy atom. The van der Waals surface area contributed by atoms with Crippen LogP contribution in [0.15, 0.2) is 24.3 Å². The van der Waals surface area contributed by atoms with Crippen molar-refractivity contribution in [1.82, 2.24) is 0 Å². The molecule has 2 aromatic carbocycles. The highest BCUT2D eigenvalue weighted by Gasteiger charge is 2.54. The van der Waals surface area contributed by atoms with Crippen molar-refractivity contribution in [3.05, 3.63) is 35.4 Å². The first-order chi connectivity index (χ1) is 15.5. The van der Waals surface area contributed by atoms with E-state index in [4.69, 9.17) is 0 Å². The molecule has 2 N–H and O–H groups in total.